The van der Waals surface area contributed by atoms with E-state index in [2.05, 4.69) is 31.3 Å². The molecule has 0 unspecified atom stereocenters. The summed E-state index contributed by atoms with van der Waals surface area (Å²) in [5.74, 6) is 2.46. The molecule has 1 aliphatic rings. The monoisotopic (exact) mass is 277 g/mol. The number of hydrogen-bond acceptors (Lipinski definition) is 3. The standard InChI is InChI=1S/C17H27NO2/c1-14(2)11-18-12-16-5-3-4-6-17(16)20-10-9-19-13-15-7-8-15/h3-6,14-15,18H,7-13H2,1-2H3. The van der Waals surface area contributed by atoms with E-state index in [0.29, 0.717) is 19.1 Å². The highest BCUT2D eigenvalue weighted by Gasteiger charge is 2.20. The molecule has 0 saturated heterocycles. The molecule has 1 aromatic carbocycles. The van der Waals surface area contributed by atoms with Crippen molar-refractivity contribution in [2.75, 3.05) is 26.4 Å². The fourth-order valence-corrected chi connectivity index (χ4v) is 2.03. The summed E-state index contributed by atoms with van der Waals surface area (Å²) in [7, 11) is 0. The Hall–Kier alpha value is -1.06. The van der Waals surface area contributed by atoms with E-state index in [4.69, 9.17) is 9.47 Å². The van der Waals surface area contributed by atoms with E-state index < -0.39 is 0 Å². The van der Waals surface area contributed by atoms with Gasteiger partial charge >= 0.3 is 0 Å². The average molecular weight is 277 g/mol. The topological polar surface area (TPSA) is 30.5 Å². The van der Waals surface area contributed by atoms with Crippen molar-refractivity contribution in [3.8, 4) is 5.75 Å². The highest BCUT2D eigenvalue weighted by Crippen LogP contribution is 2.28. The Labute approximate surface area is 122 Å². The van der Waals surface area contributed by atoms with Gasteiger partial charge in [0.25, 0.3) is 0 Å². The molecule has 0 spiro atoms. The minimum absolute atomic E-state index is 0.633. The van der Waals surface area contributed by atoms with Gasteiger partial charge in [0.15, 0.2) is 0 Å². The van der Waals surface area contributed by atoms with Crippen LogP contribution < -0.4 is 10.1 Å². The lowest BCUT2D eigenvalue weighted by Crippen LogP contribution is -2.19. The zero-order valence-corrected chi connectivity index (χ0v) is 12.7. The summed E-state index contributed by atoms with van der Waals surface area (Å²) < 4.78 is 11.4. The van der Waals surface area contributed by atoms with Gasteiger partial charge in [-0.15, -0.1) is 0 Å². The molecule has 0 aromatic heterocycles. The Bertz CT molecular complexity index is 388. The van der Waals surface area contributed by atoms with Gasteiger partial charge in [-0.3, -0.25) is 0 Å². The van der Waals surface area contributed by atoms with Gasteiger partial charge in [0.2, 0.25) is 0 Å². The lowest BCUT2D eigenvalue weighted by molar-refractivity contribution is 0.0924. The molecule has 3 nitrogen and oxygen atoms in total. The third kappa shape index (κ3) is 5.93. The van der Waals surface area contributed by atoms with Gasteiger partial charge in [-0.25, -0.2) is 0 Å². The molecule has 1 N–H and O–H groups in total. The molecule has 0 bridgehead atoms. The van der Waals surface area contributed by atoms with Crippen LogP contribution in [0.15, 0.2) is 24.3 Å². The van der Waals surface area contributed by atoms with Crippen LogP contribution in [-0.2, 0) is 11.3 Å². The molecule has 0 amide bonds. The van der Waals surface area contributed by atoms with E-state index in [1.54, 1.807) is 0 Å². The molecule has 0 aliphatic heterocycles. The van der Waals surface area contributed by atoms with Crippen LogP contribution in [0.25, 0.3) is 0 Å². The fraction of sp³-hybridized carbons (Fsp3) is 0.647. The molecular formula is C17H27NO2. The Balaban J connectivity index is 1.68. The second-order valence-electron chi connectivity index (χ2n) is 6.00. The van der Waals surface area contributed by atoms with Gasteiger partial charge in [0.05, 0.1) is 6.61 Å². The third-order valence-electron chi connectivity index (χ3n) is 3.38. The maximum atomic E-state index is 5.83. The maximum Gasteiger partial charge on any atom is 0.123 e. The van der Waals surface area contributed by atoms with Gasteiger partial charge in [-0.05, 0) is 37.3 Å². The van der Waals surface area contributed by atoms with Crippen molar-refractivity contribution in [2.45, 2.75) is 33.2 Å². The van der Waals surface area contributed by atoms with Gasteiger partial charge in [0, 0.05) is 18.7 Å². The minimum atomic E-state index is 0.633. The van der Waals surface area contributed by atoms with Crippen molar-refractivity contribution in [3.05, 3.63) is 29.8 Å². The van der Waals surface area contributed by atoms with Crippen LogP contribution in [0.5, 0.6) is 5.75 Å². The molecule has 1 saturated carbocycles. The first-order chi connectivity index (χ1) is 9.75. The van der Waals surface area contributed by atoms with E-state index in [9.17, 15) is 0 Å². The molecule has 1 aromatic rings. The van der Waals surface area contributed by atoms with Crippen LogP contribution >= 0.6 is 0 Å². The number of nitrogens with one attached hydrogen (secondary N) is 1. The molecular weight excluding hydrogens is 250 g/mol. The van der Waals surface area contributed by atoms with Crippen molar-refractivity contribution in [2.24, 2.45) is 11.8 Å². The lowest BCUT2D eigenvalue weighted by Gasteiger charge is -2.13. The van der Waals surface area contributed by atoms with Gasteiger partial charge in [-0.2, -0.15) is 0 Å². The zero-order valence-electron chi connectivity index (χ0n) is 12.7. The molecule has 112 valence electrons. The summed E-state index contributed by atoms with van der Waals surface area (Å²) in [6.07, 6.45) is 2.68. The normalized spacial score (nSPS) is 14.8. The molecule has 0 atom stereocenters. The zero-order chi connectivity index (χ0) is 14.2. The van der Waals surface area contributed by atoms with Crippen molar-refractivity contribution in [1.82, 2.24) is 5.32 Å². The summed E-state index contributed by atoms with van der Waals surface area (Å²) in [6.45, 7) is 8.54. The molecule has 20 heavy (non-hydrogen) atoms. The van der Waals surface area contributed by atoms with Gasteiger partial charge < -0.3 is 14.8 Å². The van der Waals surface area contributed by atoms with E-state index >= 15 is 0 Å². The summed E-state index contributed by atoms with van der Waals surface area (Å²) >= 11 is 0. The second kappa shape index (κ2) is 8.28. The largest absolute Gasteiger partial charge is 0.491 e. The highest BCUT2D eigenvalue weighted by molar-refractivity contribution is 5.33. The predicted molar refractivity (Wildman–Crippen MR) is 82.0 cm³/mol. The average Bonchev–Trinajstić information content (AvgIpc) is 3.24. The fourth-order valence-electron chi connectivity index (χ4n) is 2.03. The number of rotatable bonds is 10. The third-order valence-corrected chi connectivity index (χ3v) is 3.38. The van der Waals surface area contributed by atoms with E-state index in [1.807, 2.05) is 12.1 Å². The number of benzene rings is 1. The maximum absolute atomic E-state index is 5.83. The summed E-state index contributed by atoms with van der Waals surface area (Å²) in [6, 6.07) is 8.23. The minimum Gasteiger partial charge on any atom is -0.491 e. The Morgan fingerprint density at radius 1 is 1.20 bits per heavy atom. The van der Waals surface area contributed by atoms with Gasteiger partial charge in [0.1, 0.15) is 12.4 Å². The smallest absolute Gasteiger partial charge is 0.123 e. The first-order valence-corrected chi connectivity index (χ1v) is 7.75. The van der Waals surface area contributed by atoms with E-state index in [-0.39, 0.29) is 0 Å². The SMILES string of the molecule is CC(C)CNCc1ccccc1OCCOCC1CC1. The molecule has 1 aliphatic carbocycles. The summed E-state index contributed by atoms with van der Waals surface area (Å²) in [5, 5.41) is 3.46. The van der Waals surface area contributed by atoms with E-state index in [0.717, 1.165) is 31.4 Å². The van der Waals surface area contributed by atoms with Crippen LogP contribution in [0.3, 0.4) is 0 Å². The van der Waals surface area contributed by atoms with Crippen LogP contribution in [0.4, 0.5) is 0 Å². The van der Waals surface area contributed by atoms with Crippen molar-refractivity contribution in [1.29, 1.82) is 0 Å². The van der Waals surface area contributed by atoms with Crippen LogP contribution in [0.2, 0.25) is 0 Å². The van der Waals surface area contributed by atoms with Crippen molar-refractivity contribution >= 4 is 0 Å². The van der Waals surface area contributed by atoms with Crippen molar-refractivity contribution in [3.63, 3.8) is 0 Å². The van der Waals surface area contributed by atoms with Crippen LogP contribution in [-0.4, -0.2) is 26.4 Å². The molecule has 1 fully saturated rings. The molecule has 3 heteroatoms. The predicted octanol–water partition coefficient (Wildman–Crippen LogP) is 3.24. The van der Waals surface area contributed by atoms with Gasteiger partial charge in [-0.1, -0.05) is 32.0 Å². The lowest BCUT2D eigenvalue weighted by atomic mass is 10.2. The number of para-hydroxylation sites is 1. The first kappa shape index (κ1) is 15.3. The quantitative estimate of drug-likeness (QED) is 0.666. The van der Waals surface area contributed by atoms with E-state index in [1.165, 1.54) is 18.4 Å². The summed E-state index contributed by atoms with van der Waals surface area (Å²) in [4.78, 5) is 0. The van der Waals surface area contributed by atoms with Crippen molar-refractivity contribution < 1.29 is 9.47 Å². The Morgan fingerprint density at radius 3 is 2.75 bits per heavy atom. The second-order valence-corrected chi connectivity index (χ2v) is 6.00. The summed E-state index contributed by atoms with van der Waals surface area (Å²) in [5.41, 5.74) is 1.22. The number of hydrogen-bond donors (Lipinski definition) is 1. The van der Waals surface area contributed by atoms with Crippen LogP contribution in [0, 0.1) is 11.8 Å². The molecule has 2 rings (SSSR count). The number of ether oxygens (including phenoxy) is 2. The Kier molecular flexibility index (Phi) is 6.34. The Morgan fingerprint density at radius 2 is 2.00 bits per heavy atom. The highest BCUT2D eigenvalue weighted by atomic mass is 16.5. The molecule has 0 radical (unpaired) electrons. The molecule has 0 heterocycles. The first-order valence-electron chi connectivity index (χ1n) is 7.75. The van der Waals surface area contributed by atoms with Crippen LogP contribution in [0.1, 0.15) is 32.3 Å².